The molecule has 1 aliphatic heterocycles. The van der Waals surface area contributed by atoms with Gasteiger partial charge in [0.15, 0.2) is 0 Å². The zero-order chi connectivity index (χ0) is 19.3. The molecule has 142 valence electrons. The fourth-order valence-corrected chi connectivity index (χ4v) is 3.05. The molecule has 2 amide bonds. The Morgan fingerprint density at radius 3 is 2.50 bits per heavy atom. The standard InChI is InChI=1S/C20H29N3O3/c1-6-7-13(2)12-26-19(24)17-14(3)21-20(25)22-18(17)15-8-10-16(11-9-15)23(4)5/h8-11,13,18H,6-7,12H2,1-5H3,(H2,21,22,25). The molecular weight excluding hydrogens is 330 g/mol. The molecule has 0 fully saturated rings. The lowest BCUT2D eigenvalue weighted by Crippen LogP contribution is -2.45. The lowest BCUT2D eigenvalue weighted by Gasteiger charge is -2.28. The number of allylic oxidation sites excluding steroid dienone is 1. The van der Waals surface area contributed by atoms with Crippen LogP contribution in [0.2, 0.25) is 0 Å². The van der Waals surface area contributed by atoms with Crippen molar-refractivity contribution in [1.29, 1.82) is 0 Å². The maximum absolute atomic E-state index is 12.7. The smallest absolute Gasteiger partial charge is 0.338 e. The van der Waals surface area contributed by atoms with E-state index in [0.717, 1.165) is 24.1 Å². The third-order valence-electron chi connectivity index (χ3n) is 4.51. The molecule has 0 saturated carbocycles. The van der Waals surface area contributed by atoms with Gasteiger partial charge in [0.25, 0.3) is 0 Å². The van der Waals surface area contributed by atoms with Gasteiger partial charge in [-0.1, -0.05) is 32.4 Å². The number of ether oxygens (including phenoxy) is 1. The summed E-state index contributed by atoms with van der Waals surface area (Å²) in [7, 11) is 3.93. The van der Waals surface area contributed by atoms with Gasteiger partial charge in [-0.05, 0) is 37.0 Å². The van der Waals surface area contributed by atoms with Crippen LogP contribution in [0.25, 0.3) is 0 Å². The Hall–Kier alpha value is -2.50. The molecule has 6 heteroatoms. The van der Waals surface area contributed by atoms with Crippen LogP contribution < -0.4 is 15.5 Å². The Labute approximate surface area is 155 Å². The summed E-state index contributed by atoms with van der Waals surface area (Å²) in [5.74, 6) is -0.0755. The largest absolute Gasteiger partial charge is 0.462 e. The van der Waals surface area contributed by atoms with Crippen molar-refractivity contribution in [1.82, 2.24) is 10.6 Å². The summed E-state index contributed by atoms with van der Waals surface area (Å²) in [5, 5.41) is 5.51. The van der Waals surface area contributed by atoms with Crippen LogP contribution in [0.1, 0.15) is 45.2 Å². The van der Waals surface area contributed by atoms with E-state index in [0.29, 0.717) is 23.8 Å². The summed E-state index contributed by atoms with van der Waals surface area (Å²) in [4.78, 5) is 26.6. The number of amides is 2. The van der Waals surface area contributed by atoms with Crippen LogP contribution >= 0.6 is 0 Å². The normalized spacial score (nSPS) is 18.0. The first-order valence-corrected chi connectivity index (χ1v) is 9.06. The first kappa shape index (κ1) is 19.8. The fraction of sp³-hybridized carbons (Fsp3) is 0.500. The molecule has 26 heavy (non-hydrogen) atoms. The molecule has 0 aliphatic carbocycles. The highest BCUT2D eigenvalue weighted by molar-refractivity contribution is 5.95. The topological polar surface area (TPSA) is 70.7 Å². The van der Waals surface area contributed by atoms with Gasteiger partial charge < -0.3 is 20.3 Å². The average Bonchev–Trinajstić information content (AvgIpc) is 2.59. The minimum Gasteiger partial charge on any atom is -0.462 e. The van der Waals surface area contributed by atoms with Crippen molar-refractivity contribution in [3.05, 3.63) is 41.1 Å². The van der Waals surface area contributed by atoms with Gasteiger partial charge in [-0.2, -0.15) is 0 Å². The van der Waals surface area contributed by atoms with Gasteiger partial charge in [0.2, 0.25) is 0 Å². The molecule has 2 N–H and O–H groups in total. The molecule has 0 bridgehead atoms. The highest BCUT2D eigenvalue weighted by Crippen LogP contribution is 2.29. The number of carbonyl (C=O) groups is 2. The van der Waals surface area contributed by atoms with Crippen molar-refractivity contribution in [2.75, 3.05) is 25.6 Å². The van der Waals surface area contributed by atoms with Crippen LogP contribution in [0.5, 0.6) is 0 Å². The molecular formula is C20H29N3O3. The van der Waals surface area contributed by atoms with Gasteiger partial charge in [0.05, 0.1) is 18.2 Å². The van der Waals surface area contributed by atoms with Gasteiger partial charge in [-0.25, -0.2) is 9.59 Å². The third-order valence-corrected chi connectivity index (χ3v) is 4.51. The van der Waals surface area contributed by atoms with Crippen molar-refractivity contribution in [3.8, 4) is 0 Å². The summed E-state index contributed by atoms with van der Waals surface area (Å²) in [5.41, 5.74) is 2.88. The van der Waals surface area contributed by atoms with E-state index in [4.69, 9.17) is 4.74 Å². The predicted octanol–water partition coefficient (Wildman–Crippen LogP) is 3.36. The van der Waals surface area contributed by atoms with E-state index in [1.807, 2.05) is 43.3 Å². The van der Waals surface area contributed by atoms with E-state index in [2.05, 4.69) is 24.5 Å². The Morgan fingerprint density at radius 2 is 1.92 bits per heavy atom. The number of rotatable bonds is 7. The van der Waals surface area contributed by atoms with Gasteiger partial charge in [-0.3, -0.25) is 0 Å². The lowest BCUT2D eigenvalue weighted by molar-refractivity contribution is -0.140. The van der Waals surface area contributed by atoms with Gasteiger partial charge >= 0.3 is 12.0 Å². The van der Waals surface area contributed by atoms with E-state index in [1.165, 1.54) is 0 Å². The Bertz CT molecular complexity index is 680. The number of anilines is 1. The van der Waals surface area contributed by atoms with Crippen molar-refractivity contribution < 1.29 is 14.3 Å². The molecule has 0 radical (unpaired) electrons. The molecule has 1 aromatic carbocycles. The van der Waals surface area contributed by atoms with Crippen molar-refractivity contribution in [2.45, 2.75) is 39.7 Å². The quantitative estimate of drug-likeness (QED) is 0.733. The molecule has 6 nitrogen and oxygen atoms in total. The van der Waals surface area contributed by atoms with Crippen LogP contribution in [0.15, 0.2) is 35.5 Å². The zero-order valence-corrected chi connectivity index (χ0v) is 16.3. The fourth-order valence-electron chi connectivity index (χ4n) is 3.05. The summed E-state index contributed by atoms with van der Waals surface area (Å²) in [6.45, 7) is 6.28. The van der Waals surface area contributed by atoms with Crippen LogP contribution in [0, 0.1) is 5.92 Å². The summed E-state index contributed by atoms with van der Waals surface area (Å²) < 4.78 is 5.52. The van der Waals surface area contributed by atoms with Crippen molar-refractivity contribution in [2.24, 2.45) is 5.92 Å². The minimum absolute atomic E-state index is 0.314. The van der Waals surface area contributed by atoms with E-state index in [1.54, 1.807) is 6.92 Å². The molecule has 1 heterocycles. The van der Waals surface area contributed by atoms with Crippen LogP contribution in [-0.4, -0.2) is 32.7 Å². The second kappa shape index (κ2) is 8.74. The molecule has 2 unspecified atom stereocenters. The van der Waals surface area contributed by atoms with Crippen LogP contribution in [-0.2, 0) is 9.53 Å². The molecule has 0 spiro atoms. The maximum Gasteiger partial charge on any atom is 0.338 e. The number of hydrogen-bond acceptors (Lipinski definition) is 4. The molecule has 0 saturated heterocycles. The van der Waals surface area contributed by atoms with E-state index >= 15 is 0 Å². The zero-order valence-electron chi connectivity index (χ0n) is 16.3. The Morgan fingerprint density at radius 1 is 1.27 bits per heavy atom. The number of esters is 1. The van der Waals surface area contributed by atoms with Gasteiger partial charge in [0, 0.05) is 25.5 Å². The molecule has 2 atom stereocenters. The van der Waals surface area contributed by atoms with Crippen LogP contribution in [0.4, 0.5) is 10.5 Å². The highest BCUT2D eigenvalue weighted by atomic mass is 16.5. The number of urea groups is 1. The number of nitrogens with zero attached hydrogens (tertiary/aromatic N) is 1. The summed E-state index contributed by atoms with van der Waals surface area (Å²) in [6.07, 6.45) is 2.06. The van der Waals surface area contributed by atoms with Crippen molar-refractivity contribution in [3.63, 3.8) is 0 Å². The molecule has 1 aromatic rings. The number of nitrogens with one attached hydrogen (secondary N) is 2. The van der Waals surface area contributed by atoms with E-state index in [-0.39, 0.29) is 12.0 Å². The maximum atomic E-state index is 12.7. The molecule has 1 aliphatic rings. The predicted molar refractivity (Wildman–Crippen MR) is 103 cm³/mol. The Kier molecular flexibility index (Phi) is 6.66. The summed E-state index contributed by atoms with van der Waals surface area (Å²) >= 11 is 0. The van der Waals surface area contributed by atoms with E-state index in [9.17, 15) is 9.59 Å². The third kappa shape index (κ3) is 4.77. The SMILES string of the molecule is CCCC(C)COC(=O)C1=C(C)NC(=O)NC1c1ccc(N(C)C)cc1. The Balaban J connectivity index is 2.23. The lowest BCUT2D eigenvalue weighted by atomic mass is 9.95. The average molecular weight is 359 g/mol. The number of carbonyl (C=O) groups excluding carboxylic acids is 2. The van der Waals surface area contributed by atoms with Crippen LogP contribution in [0.3, 0.4) is 0 Å². The monoisotopic (exact) mass is 359 g/mol. The first-order chi connectivity index (χ1) is 12.3. The minimum atomic E-state index is -0.519. The number of hydrogen-bond donors (Lipinski definition) is 2. The van der Waals surface area contributed by atoms with E-state index < -0.39 is 6.04 Å². The number of benzene rings is 1. The second-order valence-corrected chi connectivity index (χ2v) is 7.05. The van der Waals surface area contributed by atoms with Gasteiger partial charge in [-0.15, -0.1) is 0 Å². The molecule has 0 aromatic heterocycles. The molecule has 2 rings (SSSR count). The first-order valence-electron chi connectivity index (χ1n) is 9.06. The summed E-state index contributed by atoms with van der Waals surface area (Å²) in [6, 6.07) is 6.93. The highest BCUT2D eigenvalue weighted by Gasteiger charge is 2.32. The second-order valence-electron chi connectivity index (χ2n) is 7.05. The van der Waals surface area contributed by atoms with Gasteiger partial charge in [0.1, 0.15) is 0 Å². The van der Waals surface area contributed by atoms with Crippen molar-refractivity contribution >= 4 is 17.7 Å².